The van der Waals surface area contributed by atoms with Crippen LogP contribution in [0.5, 0.6) is 0 Å². The zero-order valence-corrected chi connectivity index (χ0v) is 11.6. The normalized spacial score (nSPS) is 23.2. The van der Waals surface area contributed by atoms with Crippen LogP contribution in [0.3, 0.4) is 0 Å². The Morgan fingerprint density at radius 1 is 1.59 bits per heavy atom. The van der Waals surface area contributed by atoms with E-state index in [1.807, 2.05) is 24.1 Å². The number of carbonyl (C=O) groups excluding carboxylic acids is 1. The number of aryl methyl sites for hydroxylation is 1. The molecule has 94 valence electrons. The van der Waals surface area contributed by atoms with Gasteiger partial charge in [0.25, 0.3) is 0 Å². The highest BCUT2D eigenvalue weighted by Gasteiger charge is 2.28. The minimum absolute atomic E-state index is 0.208. The van der Waals surface area contributed by atoms with E-state index in [-0.39, 0.29) is 5.91 Å². The summed E-state index contributed by atoms with van der Waals surface area (Å²) in [6.45, 7) is 0.888. The molecule has 1 aromatic rings. The lowest BCUT2D eigenvalue weighted by atomic mass is 9.85. The summed E-state index contributed by atoms with van der Waals surface area (Å²) in [4.78, 5) is 14.4. The summed E-state index contributed by atoms with van der Waals surface area (Å²) >= 11 is 3.57. The molecule has 3 nitrogen and oxygen atoms in total. The van der Waals surface area contributed by atoms with E-state index in [9.17, 15) is 4.79 Å². The molecule has 1 heterocycles. The number of amides is 1. The van der Waals surface area contributed by atoms with E-state index < -0.39 is 0 Å². The second-order valence-corrected chi connectivity index (χ2v) is 6.08. The highest BCUT2D eigenvalue weighted by molar-refractivity contribution is 9.09. The molecule has 0 radical (unpaired) electrons. The molecule has 0 atom stereocenters. The third kappa shape index (κ3) is 3.60. The van der Waals surface area contributed by atoms with Crippen LogP contribution in [-0.2, 0) is 11.2 Å². The molecule has 1 aromatic heterocycles. The van der Waals surface area contributed by atoms with Crippen LogP contribution in [0.4, 0.5) is 0 Å². The maximum absolute atomic E-state index is 11.9. The van der Waals surface area contributed by atoms with Crippen molar-refractivity contribution in [2.45, 2.75) is 30.5 Å². The van der Waals surface area contributed by atoms with E-state index in [4.69, 9.17) is 4.42 Å². The molecule has 4 heteroatoms. The van der Waals surface area contributed by atoms with Gasteiger partial charge in [-0.05, 0) is 30.9 Å². The molecule has 1 amide bonds. The highest BCUT2D eigenvalue weighted by Crippen LogP contribution is 2.33. The summed E-state index contributed by atoms with van der Waals surface area (Å²) in [6.07, 6.45) is 5.26. The van der Waals surface area contributed by atoms with Gasteiger partial charge in [-0.1, -0.05) is 15.9 Å². The predicted octanol–water partition coefficient (Wildman–Crippen LogP) is 2.84. The largest absolute Gasteiger partial charge is 0.469 e. The van der Waals surface area contributed by atoms with Gasteiger partial charge in [0.05, 0.1) is 6.26 Å². The second kappa shape index (κ2) is 5.71. The van der Waals surface area contributed by atoms with Gasteiger partial charge in [0.15, 0.2) is 0 Å². The van der Waals surface area contributed by atoms with Crippen LogP contribution in [0.2, 0.25) is 0 Å². The first-order chi connectivity index (χ1) is 8.15. The van der Waals surface area contributed by atoms with Gasteiger partial charge in [-0.2, -0.15) is 0 Å². The van der Waals surface area contributed by atoms with Gasteiger partial charge in [0.1, 0.15) is 5.76 Å². The third-order valence-corrected chi connectivity index (χ3v) is 4.05. The first-order valence-corrected chi connectivity index (χ1v) is 6.97. The van der Waals surface area contributed by atoms with Crippen LogP contribution in [0.1, 0.15) is 25.0 Å². The molecule has 0 saturated heterocycles. The van der Waals surface area contributed by atoms with Gasteiger partial charge < -0.3 is 9.32 Å². The fourth-order valence-corrected chi connectivity index (χ4v) is 3.23. The molecule has 2 rings (SSSR count). The average Bonchev–Trinajstić information content (AvgIpc) is 2.76. The van der Waals surface area contributed by atoms with E-state index >= 15 is 0 Å². The van der Waals surface area contributed by atoms with Crippen molar-refractivity contribution >= 4 is 21.8 Å². The van der Waals surface area contributed by atoms with Crippen LogP contribution in [0, 0.1) is 5.92 Å². The first kappa shape index (κ1) is 12.7. The van der Waals surface area contributed by atoms with Crippen molar-refractivity contribution in [3.8, 4) is 0 Å². The molecule has 0 N–H and O–H groups in total. The number of furan rings is 1. The van der Waals surface area contributed by atoms with Crippen molar-refractivity contribution < 1.29 is 9.21 Å². The standard InChI is InChI=1S/C13H18BrNO2/c1-15(9-10-7-11(14)8-10)13(16)5-4-12-3-2-6-17-12/h2-3,6,10-11H,4-5,7-9H2,1H3. The summed E-state index contributed by atoms with van der Waals surface area (Å²) in [5.74, 6) is 1.77. The summed E-state index contributed by atoms with van der Waals surface area (Å²) < 4.78 is 5.21. The number of rotatable bonds is 5. The molecule has 17 heavy (non-hydrogen) atoms. The fourth-order valence-electron chi connectivity index (χ4n) is 2.17. The number of hydrogen-bond donors (Lipinski definition) is 0. The zero-order chi connectivity index (χ0) is 12.3. The topological polar surface area (TPSA) is 33.5 Å². The van der Waals surface area contributed by atoms with Gasteiger partial charge in [0, 0.05) is 31.3 Å². The van der Waals surface area contributed by atoms with E-state index in [1.165, 1.54) is 12.8 Å². The van der Waals surface area contributed by atoms with Gasteiger partial charge in [-0.25, -0.2) is 0 Å². The predicted molar refractivity (Wildman–Crippen MR) is 70.1 cm³/mol. The molecule has 1 aliphatic carbocycles. The quantitative estimate of drug-likeness (QED) is 0.784. The van der Waals surface area contributed by atoms with Gasteiger partial charge in [-0.3, -0.25) is 4.79 Å². The lowest BCUT2D eigenvalue weighted by Crippen LogP contribution is -2.37. The Morgan fingerprint density at radius 3 is 2.94 bits per heavy atom. The highest BCUT2D eigenvalue weighted by atomic mass is 79.9. The molecule has 0 aromatic carbocycles. The van der Waals surface area contributed by atoms with E-state index in [1.54, 1.807) is 6.26 Å². The van der Waals surface area contributed by atoms with Gasteiger partial charge in [-0.15, -0.1) is 0 Å². The number of nitrogens with zero attached hydrogens (tertiary/aromatic N) is 1. The second-order valence-electron chi connectivity index (χ2n) is 4.79. The van der Waals surface area contributed by atoms with Crippen molar-refractivity contribution in [3.63, 3.8) is 0 Å². The molecule has 1 aliphatic rings. The van der Waals surface area contributed by atoms with Crippen LogP contribution < -0.4 is 0 Å². The first-order valence-electron chi connectivity index (χ1n) is 6.05. The Balaban J connectivity index is 1.68. The Morgan fingerprint density at radius 2 is 2.35 bits per heavy atom. The number of alkyl halides is 1. The van der Waals surface area contributed by atoms with Crippen LogP contribution in [-0.4, -0.2) is 29.2 Å². The third-order valence-electron chi connectivity index (χ3n) is 3.30. The van der Waals surface area contributed by atoms with Crippen LogP contribution in [0.15, 0.2) is 22.8 Å². The summed E-state index contributed by atoms with van der Waals surface area (Å²) in [7, 11) is 1.89. The van der Waals surface area contributed by atoms with Crippen molar-refractivity contribution in [1.82, 2.24) is 4.90 Å². The minimum Gasteiger partial charge on any atom is -0.469 e. The van der Waals surface area contributed by atoms with Crippen molar-refractivity contribution in [2.24, 2.45) is 5.92 Å². The lowest BCUT2D eigenvalue weighted by molar-refractivity contribution is -0.130. The Kier molecular flexibility index (Phi) is 4.26. The molecule has 0 bridgehead atoms. The van der Waals surface area contributed by atoms with Crippen molar-refractivity contribution in [1.29, 1.82) is 0 Å². The maximum atomic E-state index is 11.9. The van der Waals surface area contributed by atoms with Crippen molar-refractivity contribution in [3.05, 3.63) is 24.2 Å². The van der Waals surface area contributed by atoms with Crippen molar-refractivity contribution in [2.75, 3.05) is 13.6 Å². The number of halogens is 1. The average molecular weight is 300 g/mol. The van der Waals surface area contributed by atoms with E-state index in [0.29, 0.717) is 23.6 Å². The van der Waals surface area contributed by atoms with Gasteiger partial charge >= 0.3 is 0 Å². The Labute approximate surface area is 110 Å². The summed E-state index contributed by atoms with van der Waals surface area (Å²) in [5, 5.41) is 0. The molecular formula is C13H18BrNO2. The molecule has 0 aliphatic heterocycles. The Bertz CT molecular complexity index is 358. The summed E-state index contributed by atoms with van der Waals surface area (Å²) in [5.41, 5.74) is 0. The number of carbonyl (C=O) groups is 1. The Hall–Kier alpha value is -0.770. The molecule has 1 saturated carbocycles. The summed E-state index contributed by atoms with van der Waals surface area (Å²) in [6, 6.07) is 3.77. The maximum Gasteiger partial charge on any atom is 0.222 e. The molecule has 0 spiro atoms. The van der Waals surface area contributed by atoms with Crippen LogP contribution in [0.25, 0.3) is 0 Å². The molecule has 0 unspecified atom stereocenters. The van der Waals surface area contributed by atoms with Crippen LogP contribution >= 0.6 is 15.9 Å². The minimum atomic E-state index is 0.208. The fraction of sp³-hybridized carbons (Fsp3) is 0.615. The lowest BCUT2D eigenvalue weighted by Gasteiger charge is -2.34. The molecular weight excluding hydrogens is 282 g/mol. The molecule has 1 fully saturated rings. The SMILES string of the molecule is CN(CC1CC(Br)C1)C(=O)CCc1ccco1. The monoisotopic (exact) mass is 299 g/mol. The van der Waals surface area contributed by atoms with E-state index in [0.717, 1.165) is 12.3 Å². The van der Waals surface area contributed by atoms with E-state index in [2.05, 4.69) is 15.9 Å². The smallest absolute Gasteiger partial charge is 0.222 e. The zero-order valence-electron chi connectivity index (χ0n) is 10.1. The number of hydrogen-bond acceptors (Lipinski definition) is 2. The van der Waals surface area contributed by atoms with Gasteiger partial charge in [0.2, 0.25) is 5.91 Å².